The largest absolute Gasteiger partial charge is 0.289 e. The van der Waals surface area contributed by atoms with Crippen molar-refractivity contribution in [3.63, 3.8) is 0 Å². The van der Waals surface area contributed by atoms with Gasteiger partial charge in [-0.3, -0.25) is 24.2 Å². The second-order valence-corrected chi connectivity index (χ2v) is 11.6. The molecule has 1 heterocycles. The van der Waals surface area contributed by atoms with E-state index < -0.39 is 0 Å². The molecule has 5 nitrogen and oxygen atoms in total. The number of allylic oxidation sites excluding steroid dienone is 2. The number of nitrogens with zero attached hydrogens (tertiary/aromatic N) is 2. The van der Waals surface area contributed by atoms with Gasteiger partial charge in [-0.05, 0) is 84.5 Å². The first-order chi connectivity index (χ1) is 16.4. The smallest absolute Gasteiger partial charge is 0.259 e. The van der Waals surface area contributed by atoms with Crippen LogP contribution < -0.4 is 4.90 Å². The Morgan fingerprint density at radius 2 is 1.53 bits per heavy atom. The average molecular weight is 584 g/mol. The minimum atomic E-state index is -0.272. The Labute approximate surface area is 215 Å². The van der Waals surface area contributed by atoms with E-state index >= 15 is 0 Å². The van der Waals surface area contributed by atoms with Crippen LogP contribution >= 0.6 is 31.9 Å². The Morgan fingerprint density at radius 3 is 2.12 bits per heavy atom. The molecule has 3 fully saturated rings. The molecule has 174 valence electrons. The highest BCUT2D eigenvalue weighted by Crippen LogP contribution is 2.65. The Bertz CT molecular complexity index is 1200. The summed E-state index contributed by atoms with van der Waals surface area (Å²) in [5.74, 6) is 0.402. The molecule has 5 aliphatic rings. The first kappa shape index (κ1) is 22.2. The molecular formula is C27H24Br2N2O3. The molecule has 2 bridgehead atoms. The van der Waals surface area contributed by atoms with Crippen molar-refractivity contribution in [2.75, 3.05) is 11.6 Å². The highest BCUT2D eigenvalue weighted by molar-refractivity contribution is 9.10. The van der Waals surface area contributed by atoms with Crippen molar-refractivity contribution in [1.29, 1.82) is 0 Å². The maximum Gasteiger partial charge on any atom is 0.259 e. The quantitative estimate of drug-likeness (QED) is 0.348. The fraction of sp³-hybridized carbons (Fsp3) is 0.370. The van der Waals surface area contributed by atoms with Gasteiger partial charge in [0.05, 0.1) is 11.8 Å². The van der Waals surface area contributed by atoms with Gasteiger partial charge < -0.3 is 0 Å². The van der Waals surface area contributed by atoms with Crippen molar-refractivity contribution >= 4 is 55.3 Å². The van der Waals surface area contributed by atoms with E-state index in [-0.39, 0.29) is 48.1 Å². The normalized spacial score (nSPS) is 30.4. The van der Waals surface area contributed by atoms with Gasteiger partial charge in [0, 0.05) is 20.2 Å². The third-order valence-electron chi connectivity index (χ3n) is 8.09. The number of rotatable bonds is 5. The standard InChI is InChI=1S/C27H24Br2N2O3/c1-2-14-11-17(29)7-10-22(14)30(25(32)15-3-5-16(28)6-4-15)13-31-26(33)23-18-8-9-19(21-12-20(18)21)24(23)27(31)34/h3-11,18-21,23-24H,2,12-13H2,1H3. The zero-order valence-electron chi connectivity index (χ0n) is 18.7. The lowest BCUT2D eigenvalue weighted by Gasteiger charge is -2.37. The van der Waals surface area contributed by atoms with E-state index in [0.717, 1.165) is 26.6 Å². The van der Waals surface area contributed by atoms with Crippen LogP contribution in [0.25, 0.3) is 0 Å². The summed E-state index contributed by atoms with van der Waals surface area (Å²) in [4.78, 5) is 43.9. The van der Waals surface area contributed by atoms with Gasteiger partial charge in [-0.2, -0.15) is 0 Å². The number of halogens is 2. The third kappa shape index (κ3) is 3.34. The minimum absolute atomic E-state index is 0.0665. The van der Waals surface area contributed by atoms with Gasteiger partial charge in [0.25, 0.3) is 5.91 Å². The summed E-state index contributed by atoms with van der Waals surface area (Å²) in [5.41, 5.74) is 2.20. The number of amides is 3. The van der Waals surface area contributed by atoms with Gasteiger partial charge in [-0.25, -0.2) is 0 Å². The maximum atomic E-state index is 13.8. The molecule has 0 spiro atoms. The Morgan fingerprint density at radius 1 is 0.941 bits per heavy atom. The van der Waals surface area contributed by atoms with Crippen molar-refractivity contribution < 1.29 is 14.4 Å². The van der Waals surface area contributed by atoms with Crippen LogP contribution in [0.1, 0.15) is 29.3 Å². The van der Waals surface area contributed by atoms with Crippen LogP contribution in [0, 0.1) is 35.5 Å². The molecule has 6 unspecified atom stereocenters. The second-order valence-electron chi connectivity index (χ2n) is 9.77. The van der Waals surface area contributed by atoms with Crippen LogP contribution in [-0.2, 0) is 16.0 Å². The van der Waals surface area contributed by atoms with Crippen LogP contribution in [0.15, 0.2) is 63.6 Å². The molecule has 0 radical (unpaired) electrons. The van der Waals surface area contributed by atoms with Gasteiger partial charge in [-0.15, -0.1) is 0 Å². The van der Waals surface area contributed by atoms with E-state index in [1.165, 1.54) is 4.90 Å². The van der Waals surface area contributed by atoms with Crippen LogP contribution in [0.2, 0.25) is 0 Å². The zero-order chi connectivity index (χ0) is 23.7. The number of anilines is 1. The number of carbonyl (C=O) groups is 3. The highest BCUT2D eigenvalue weighted by Gasteiger charge is 2.67. The average Bonchev–Trinajstić information content (AvgIpc) is 3.63. The van der Waals surface area contributed by atoms with Crippen molar-refractivity contribution in [1.82, 2.24) is 4.90 Å². The predicted octanol–water partition coefficient (Wildman–Crippen LogP) is 5.43. The molecule has 2 aromatic rings. The van der Waals surface area contributed by atoms with E-state index in [1.54, 1.807) is 17.0 Å². The van der Waals surface area contributed by atoms with Crippen molar-refractivity contribution in [3.8, 4) is 0 Å². The van der Waals surface area contributed by atoms with E-state index in [4.69, 9.17) is 0 Å². The summed E-state index contributed by atoms with van der Waals surface area (Å²) in [6, 6.07) is 12.9. The second kappa shape index (κ2) is 8.16. The van der Waals surface area contributed by atoms with Crippen LogP contribution in [-0.4, -0.2) is 29.3 Å². The van der Waals surface area contributed by atoms with Crippen molar-refractivity contribution in [2.24, 2.45) is 35.5 Å². The third-order valence-corrected chi connectivity index (χ3v) is 9.11. The molecule has 34 heavy (non-hydrogen) atoms. The summed E-state index contributed by atoms with van der Waals surface area (Å²) in [5, 5.41) is 0. The first-order valence-electron chi connectivity index (χ1n) is 11.8. The number of hydrogen-bond donors (Lipinski definition) is 0. The molecule has 1 aliphatic heterocycles. The topological polar surface area (TPSA) is 57.7 Å². The molecule has 4 aliphatic carbocycles. The minimum Gasteiger partial charge on any atom is -0.289 e. The lowest BCUT2D eigenvalue weighted by atomic mass is 9.63. The number of carbonyl (C=O) groups excluding carboxylic acids is 3. The predicted molar refractivity (Wildman–Crippen MR) is 136 cm³/mol. The SMILES string of the molecule is CCc1cc(Br)ccc1N(CN1C(=O)C2C3C=CC(C4CC34)C2C1=O)C(=O)c1ccc(Br)cc1. The molecule has 7 rings (SSSR count). The molecule has 6 atom stereocenters. The van der Waals surface area contributed by atoms with E-state index in [9.17, 15) is 14.4 Å². The van der Waals surface area contributed by atoms with Crippen LogP contribution in [0.4, 0.5) is 5.69 Å². The molecule has 1 saturated heterocycles. The lowest BCUT2D eigenvalue weighted by molar-refractivity contribution is -0.140. The van der Waals surface area contributed by atoms with Gasteiger partial charge in [0.1, 0.15) is 6.67 Å². The van der Waals surface area contributed by atoms with E-state index in [0.29, 0.717) is 23.8 Å². The first-order valence-corrected chi connectivity index (χ1v) is 13.4. The zero-order valence-corrected chi connectivity index (χ0v) is 21.8. The lowest BCUT2D eigenvalue weighted by Crippen LogP contribution is -2.45. The van der Waals surface area contributed by atoms with Gasteiger partial charge >= 0.3 is 0 Å². The highest BCUT2D eigenvalue weighted by atomic mass is 79.9. The molecule has 2 saturated carbocycles. The summed E-state index contributed by atoms with van der Waals surface area (Å²) in [7, 11) is 0. The molecular weight excluding hydrogens is 560 g/mol. The van der Waals surface area contributed by atoms with Crippen LogP contribution in [0.5, 0.6) is 0 Å². The fourth-order valence-corrected chi connectivity index (χ4v) is 7.07. The molecule has 3 amide bonds. The number of aryl methyl sites for hydroxylation is 1. The number of likely N-dealkylation sites (tertiary alicyclic amines) is 1. The molecule has 0 N–H and O–H groups in total. The Kier molecular flexibility index (Phi) is 5.34. The fourth-order valence-electron chi connectivity index (χ4n) is 6.40. The summed E-state index contributed by atoms with van der Waals surface area (Å²) in [6.07, 6.45) is 6.18. The van der Waals surface area contributed by atoms with E-state index in [2.05, 4.69) is 44.0 Å². The number of benzene rings is 2. The Hall–Kier alpha value is -2.25. The van der Waals surface area contributed by atoms with E-state index in [1.807, 2.05) is 37.3 Å². The monoisotopic (exact) mass is 582 g/mol. The maximum absolute atomic E-state index is 13.8. The van der Waals surface area contributed by atoms with Gasteiger partial charge in [-0.1, -0.05) is 50.9 Å². The molecule has 0 aromatic heterocycles. The van der Waals surface area contributed by atoms with Gasteiger partial charge in [0.2, 0.25) is 11.8 Å². The van der Waals surface area contributed by atoms with Gasteiger partial charge in [0.15, 0.2) is 0 Å². The number of hydrogen-bond acceptors (Lipinski definition) is 3. The molecule has 2 aromatic carbocycles. The summed E-state index contributed by atoms with van der Waals surface area (Å²) >= 11 is 6.94. The summed E-state index contributed by atoms with van der Waals surface area (Å²) < 4.78 is 1.80. The Balaban J connectivity index is 1.37. The van der Waals surface area contributed by atoms with Crippen molar-refractivity contribution in [3.05, 3.63) is 74.7 Å². The number of imide groups is 1. The van der Waals surface area contributed by atoms with Crippen molar-refractivity contribution in [2.45, 2.75) is 19.8 Å². The van der Waals surface area contributed by atoms with Crippen LogP contribution in [0.3, 0.4) is 0 Å². The summed E-state index contributed by atoms with van der Waals surface area (Å²) in [6.45, 7) is 1.97. The molecule has 7 heteroatoms.